The Kier molecular flexibility index (Phi) is 5.01. The van der Waals surface area contributed by atoms with Gasteiger partial charge in [-0.2, -0.15) is 0 Å². The average Bonchev–Trinajstić information content (AvgIpc) is 2.39. The van der Waals surface area contributed by atoms with Crippen molar-refractivity contribution in [2.24, 2.45) is 0 Å². The van der Waals surface area contributed by atoms with Crippen LogP contribution in [0.5, 0.6) is 5.75 Å². The van der Waals surface area contributed by atoms with E-state index in [-0.39, 0.29) is 12.2 Å². The molecule has 0 amide bonds. The Morgan fingerprint density at radius 2 is 2.00 bits per heavy atom. The van der Waals surface area contributed by atoms with E-state index in [1.807, 2.05) is 0 Å². The third-order valence-electron chi connectivity index (χ3n) is 2.47. The van der Waals surface area contributed by atoms with E-state index in [2.05, 4.69) is 36.8 Å². The molecular formula is C13H8Br2ClNO3. The van der Waals surface area contributed by atoms with Crippen LogP contribution in [0, 0.1) is 0 Å². The predicted octanol–water partition coefficient (Wildman–Crippen LogP) is 4.54. The van der Waals surface area contributed by atoms with Crippen LogP contribution in [0.1, 0.15) is 15.9 Å². The fourth-order valence-electron chi connectivity index (χ4n) is 1.49. The lowest BCUT2D eigenvalue weighted by Gasteiger charge is -2.12. The molecule has 7 heteroatoms. The van der Waals surface area contributed by atoms with Gasteiger partial charge in [0, 0.05) is 18.0 Å². The summed E-state index contributed by atoms with van der Waals surface area (Å²) >= 11 is 12.6. The lowest BCUT2D eigenvalue weighted by atomic mass is 10.2. The van der Waals surface area contributed by atoms with Crippen molar-refractivity contribution >= 4 is 49.4 Å². The van der Waals surface area contributed by atoms with Crippen molar-refractivity contribution in [2.75, 3.05) is 0 Å². The molecule has 0 aliphatic heterocycles. The summed E-state index contributed by atoms with van der Waals surface area (Å²) in [5.74, 6) is -0.488. The second-order valence-electron chi connectivity index (χ2n) is 3.83. The van der Waals surface area contributed by atoms with Gasteiger partial charge in [-0.25, -0.2) is 4.79 Å². The Bertz CT molecular complexity index is 641. The average molecular weight is 421 g/mol. The van der Waals surface area contributed by atoms with E-state index in [1.54, 1.807) is 12.3 Å². The number of pyridine rings is 1. The molecule has 1 aromatic carbocycles. The first-order valence-electron chi connectivity index (χ1n) is 5.42. The van der Waals surface area contributed by atoms with Gasteiger partial charge in [0.15, 0.2) is 0 Å². The topological polar surface area (TPSA) is 59.4 Å². The maximum atomic E-state index is 10.9. The normalized spacial score (nSPS) is 10.3. The quantitative estimate of drug-likeness (QED) is 0.788. The molecule has 2 aromatic rings. The van der Waals surface area contributed by atoms with Crippen LogP contribution in [0.25, 0.3) is 0 Å². The van der Waals surface area contributed by atoms with Crippen LogP contribution >= 0.6 is 43.5 Å². The van der Waals surface area contributed by atoms with Crippen molar-refractivity contribution in [2.45, 2.75) is 6.61 Å². The Morgan fingerprint density at radius 1 is 1.35 bits per heavy atom. The van der Waals surface area contributed by atoms with Crippen LogP contribution in [0.2, 0.25) is 5.02 Å². The third kappa shape index (κ3) is 3.50. The molecule has 104 valence electrons. The number of carbonyl (C=O) groups is 1. The van der Waals surface area contributed by atoms with Gasteiger partial charge in [0.1, 0.15) is 12.4 Å². The number of hydrogen-bond donors (Lipinski definition) is 1. The number of nitrogens with zero attached hydrogens (tertiary/aromatic N) is 1. The number of aromatic nitrogens is 1. The number of hydrogen-bond acceptors (Lipinski definition) is 3. The molecule has 0 aliphatic carbocycles. The standard InChI is InChI=1S/C13H8Br2ClNO3/c14-9-3-8(13(18)19)4-10(15)12(9)20-6-7-1-2-17-5-11(7)16/h1-5H,6H2,(H,18,19). The second-order valence-corrected chi connectivity index (χ2v) is 5.95. The number of benzene rings is 1. The summed E-state index contributed by atoms with van der Waals surface area (Å²) < 4.78 is 6.77. The Labute approximate surface area is 137 Å². The van der Waals surface area contributed by atoms with Crippen molar-refractivity contribution in [1.82, 2.24) is 4.98 Å². The molecule has 0 unspecified atom stereocenters. The predicted molar refractivity (Wildman–Crippen MR) is 82.4 cm³/mol. The third-order valence-corrected chi connectivity index (χ3v) is 3.99. The summed E-state index contributed by atoms with van der Waals surface area (Å²) in [6.45, 7) is 0.255. The van der Waals surface area contributed by atoms with Gasteiger partial charge in [0.25, 0.3) is 0 Å². The Morgan fingerprint density at radius 3 is 2.55 bits per heavy atom. The fraction of sp³-hybridized carbons (Fsp3) is 0.0769. The Hall–Kier alpha value is -1.11. The summed E-state index contributed by atoms with van der Waals surface area (Å²) in [4.78, 5) is 14.8. The summed E-state index contributed by atoms with van der Waals surface area (Å²) in [6.07, 6.45) is 3.17. The van der Waals surface area contributed by atoms with Crippen LogP contribution in [0.4, 0.5) is 0 Å². The number of rotatable bonds is 4. The van der Waals surface area contributed by atoms with Crippen LogP contribution < -0.4 is 4.74 Å². The van der Waals surface area contributed by atoms with E-state index in [0.29, 0.717) is 19.7 Å². The highest BCUT2D eigenvalue weighted by Crippen LogP contribution is 2.35. The maximum absolute atomic E-state index is 10.9. The molecule has 0 spiro atoms. The first-order valence-corrected chi connectivity index (χ1v) is 7.39. The summed E-state index contributed by atoms with van der Waals surface area (Å²) in [5, 5.41) is 9.48. The van der Waals surface area contributed by atoms with Crippen LogP contribution in [0.15, 0.2) is 39.5 Å². The number of aromatic carboxylic acids is 1. The molecule has 2 rings (SSSR count). The van der Waals surface area contributed by atoms with Gasteiger partial charge in [0.05, 0.1) is 19.5 Å². The lowest BCUT2D eigenvalue weighted by molar-refractivity contribution is 0.0696. The summed E-state index contributed by atoms with van der Waals surface area (Å²) in [6, 6.07) is 4.73. The monoisotopic (exact) mass is 419 g/mol. The molecule has 0 radical (unpaired) electrons. The zero-order valence-electron chi connectivity index (χ0n) is 9.94. The van der Waals surface area contributed by atoms with Crippen molar-refractivity contribution in [1.29, 1.82) is 0 Å². The van der Waals surface area contributed by atoms with E-state index in [0.717, 1.165) is 5.56 Å². The molecule has 0 atom stereocenters. The zero-order valence-corrected chi connectivity index (χ0v) is 13.9. The van der Waals surface area contributed by atoms with Crippen molar-refractivity contribution in [3.63, 3.8) is 0 Å². The van der Waals surface area contributed by atoms with E-state index in [9.17, 15) is 4.79 Å². The Balaban J connectivity index is 2.22. The van der Waals surface area contributed by atoms with Crippen LogP contribution in [0.3, 0.4) is 0 Å². The van der Waals surface area contributed by atoms with Gasteiger partial charge in [-0.15, -0.1) is 0 Å². The van der Waals surface area contributed by atoms with E-state index in [4.69, 9.17) is 21.4 Å². The van der Waals surface area contributed by atoms with Gasteiger partial charge in [-0.3, -0.25) is 4.98 Å². The first-order chi connectivity index (χ1) is 9.49. The van der Waals surface area contributed by atoms with E-state index in [1.165, 1.54) is 18.3 Å². The zero-order chi connectivity index (χ0) is 14.7. The molecular weight excluding hydrogens is 413 g/mol. The maximum Gasteiger partial charge on any atom is 0.335 e. The molecule has 1 N–H and O–H groups in total. The molecule has 0 bridgehead atoms. The van der Waals surface area contributed by atoms with Crippen molar-refractivity contribution < 1.29 is 14.6 Å². The SMILES string of the molecule is O=C(O)c1cc(Br)c(OCc2ccncc2Cl)c(Br)c1. The van der Waals surface area contributed by atoms with Crippen molar-refractivity contribution in [3.05, 3.63) is 55.7 Å². The number of carboxylic acids is 1. The molecule has 4 nitrogen and oxygen atoms in total. The molecule has 0 saturated heterocycles. The molecule has 1 heterocycles. The highest BCUT2D eigenvalue weighted by atomic mass is 79.9. The van der Waals surface area contributed by atoms with E-state index < -0.39 is 5.97 Å². The number of carboxylic acid groups (broad SMARTS) is 1. The fourth-order valence-corrected chi connectivity index (χ4v) is 3.08. The second kappa shape index (κ2) is 6.56. The summed E-state index contributed by atoms with van der Waals surface area (Å²) in [5.41, 5.74) is 0.959. The summed E-state index contributed by atoms with van der Waals surface area (Å²) in [7, 11) is 0. The first kappa shape index (κ1) is 15.3. The molecule has 0 saturated carbocycles. The van der Waals surface area contributed by atoms with Gasteiger partial charge < -0.3 is 9.84 Å². The van der Waals surface area contributed by atoms with Crippen molar-refractivity contribution in [3.8, 4) is 5.75 Å². The van der Waals surface area contributed by atoms with Gasteiger partial charge in [-0.05, 0) is 50.1 Å². The molecule has 0 aliphatic rings. The number of halogens is 3. The smallest absolute Gasteiger partial charge is 0.335 e. The highest BCUT2D eigenvalue weighted by Gasteiger charge is 2.13. The van der Waals surface area contributed by atoms with Gasteiger partial charge >= 0.3 is 5.97 Å². The highest BCUT2D eigenvalue weighted by molar-refractivity contribution is 9.11. The van der Waals surface area contributed by atoms with Crippen LogP contribution in [-0.2, 0) is 6.61 Å². The molecule has 0 fully saturated rings. The van der Waals surface area contributed by atoms with Gasteiger partial charge in [0.2, 0.25) is 0 Å². The minimum Gasteiger partial charge on any atom is -0.486 e. The van der Waals surface area contributed by atoms with E-state index >= 15 is 0 Å². The lowest BCUT2D eigenvalue weighted by Crippen LogP contribution is -2.01. The number of ether oxygens (including phenoxy) is 1. The minimum absolute atomic E-state index is 0.165. The molecule has 1 aromatic heterocycles. The van der Waals surface area contributed by atoms with Gasteiger partial charge in [-0.1, -0.05) is 11.6 Å². The largest absolute Gasteiger partial charge is 0.486 e. The molecule has 20 heavy (non-hydrogen) atoms. The van der Waals surface area contributed by atoms with Crippen LogP contribution in [-0.4, -0.2) is 16.1 Å². The minimum atomic E-state index is -1.00.